The lowest BCUT2D eigenvalue weighted by Crippen LogP contribution is -2.49. The molecule has 0 aromatic heterocycles. The Morgan fingerprint density at radius 2 is 1.68 bits per heavy atom. The molecule has 19 heavy (non-hydrogen) atoms. The van der Waals surface area contributed by atoms with Crippen molar-refractivity contribution in [2.24, 2.45) is 11.3 Å². The van der Waals surface area contributed by atoms with Gasteiger partial charge in [-0.15, -0.1) is 24.8 Å². The highest BCUT2D eigenvalue weighted by molar-refractivity contribution is 5.85. The molecule has 0 rings (SSSR count). The van der Waals surface area contributed by atoms with E-state index in [1.165, 1.54) is 0 Å². The summed E-state index contributed by atoms with van der Waals surface area (Å²) in [6.07, 6.45) is 0. The molecule has 118 valence electrons. The molecule has 0 aliphatic carbocycles. The molecule has 2 N–H and O–H groups in total. The molecule has 0 fully saturated rings. The largest absolute Gasteiger partial charge is 0.353 e. The average Bonchev–Trinajstić information content (AvgIpc) is 2.15. The van der Waals surface area contributed by atoms with Crippen LogP contribution in [0.1, 0.15) is 27.7 Å². The van der Waals surface area contributed by atoms with Crippen LogP contribution in [0.5, 0.6) is 0 Å². The first kappa shape index (κ1) is 24.0. The van der Waals surface area contributed by atoms with Gasteiger partial charge in [0.15, 0.2) is 0 Å². The summed E-state index contributed by atoms with van der Waals surface area (Å²) in [6, 6.07) is 0.164. The van der Waals surface area contributed by atoms with E-state index in [1.54, 1.807) is 0 Å². The van der Waals surface area contributed by atoms with Crippen molar-refractivity contribution in [1.82, 2.24) is 15.5 Å². The number of amides is 1. The van der Waals surface area contributed by atoms with Crippen LogP contribution in [0.3, 0.4) is 0 Å². The number of carbonyl (C=O) groups is 1. The molecule has 0 spiro atoms. The molecule has 0 aromatic carbocycles. The van der Waals surface area contributed by atoms with Gasteiger partial charge < -0.3 is 15.5 Å². The van der Waals surface area contributed by atoms with Gasteiger partial charge in [0, 0.05) is 25.0 Å². The number of hydrogen-bond acceptors (Lipinski definition) is 3. The van der Waals surface area contributed by atoms with E-state index in [2.05, 4.69) is 50.4 Å². The monoisotopic (exact) mass is 315 g/mol. The Labute approximate surface area is 130 Å². The molecular weight excluding hydrogens is 285 g/mol. The molecule has 0 aliphatic rings. The van der Waals surface area contributed by atoms with E-state index in [0.29, 0.717) is 6.54 Å². The highest BCUT2D eigenvalue weighted by Gasteiger charge is 2.28. The molecule has 2 atom stereocenters. The summed E-state index contributed by atoms with van der Waals surface area (Å²) in [7, 11) is 5.98. The van der Waals surface area contributed by atoms with Gasteiger partial charge in [0.25, 0.3) is 0 Å². The standard InChI is InChI=1S/C13H29N3O.2ClH/c1-10(8-14-5)12(17)15-11(2)13(3,4)9-16(6)7;;/h10-11,14H,8-9H2,1-7H3,(H,15,17);2*1H. The van der Waals surface area contributed by atoms with E-state index in [-0.39, 0.29) is 48.1 Å². The van der Waals surface area contributed by atoms with Gasteiger partial charge in [-0.25, -0.2) is 0 Å². The lowest BCUT2D eigenvalue weighted by Gasteiger charge is -2.35. The van der Waals surface area contributed by atoms with Crippen molar-refractivity contribution in [3.8, 4) is 0 Å². The first-order valence-corrected chi connectivity index (χ1v) is 6.30. The lowest BCUT2D eigenvalue weighted by atomic mass is 9.84. The van der Waals surface area contributed by atoms with Gasteiger partial charge in [0.2, 0.25) is 5.91 Å². The van der Waals surface area contributed by atoms with Crippen LogP contribution in [0.2, 0.25) is 0 Å². The Kier molecular flexibility index (Phi) is 13.6. The highest BCUT2D eigenvalue weighted by atomic mass is 35.5. The maximum absolute atomic E-state index is 11.9. The van der Waals surface area contributed by atoms with E-state index >= 15 is 0 Å². The Morgan fingerprint density at radius 1 is 1.21 bits per heavy atom. The summed E-state index contributed by atoms with van der Waals surface area (Å²) in [6.45, 7) is 10.0. The average molecular weight is 316 g/mol. The zero-order valence-corrected chi connectivity index (χ0v) is 14.9. The second-order valence-electron chi connectivity index (χ2n) is 5.92. The van der Waals surface area contributed by atoms with Crippen LogP contribution in [-0.2, 0) is 4.79 Å². The van der Waals surface area contributed by atoms with Crippen LogP contribution in [-0.4, -0.2) is 51.1 Å². The number of rotatable bonds is 7. The molecule has 2 unspecified atom stereocenters. The van der Waals surface area contributed by atoms with Crippen molar-refractivity contribution in [2.75, 3.05) is 34.2 Å². The summed E-state index contributed by atoms with van der Waals surface area (Å²) >= 11 is 0. The van der Waals surface area contributed by atoms with Crippen LogP contribution < -0.4 is 10.6 Å². The van der Waals surface area contributed by atoms with E-state index in [9.17, 15) is 4.79 Å². The third kappa shape index (κ3) is 9.50. The normalized spacial score (nSPS) is 14.1. The second-order valence-corrected chi connectivity index (χ2v) is 5.92. The number of halogens is 2. The molecule has 0 bridgehead atoms. The Hall–Kier alpha value is -0.0300. The minimum Gasteiger partial charge on any atom is -0.353 e. The molecule has 0 aromatic rings. The number of nitrogens with zero attached hydrogens (tertiary/aromatic N) is 1. The fraction of sp³-hybridized carbons (Fsp3) is 0.923. The minimum absolute atomic E-state index is 0. The maximum Gasteiger partial charge on any atom is 0.224 e. The highest BCUT2D eigenvalue weighted by Crippen LogP contribution is 2.21. The quantitative estimate of drug-likeness (QED) is 0.752. The molecule has 0 aliphatic heterocycles. The van der Waals surface area contributed by atoms with Gasteiger partial charge in [-0.05, 0) is 33.5 Å². The molecule has 6 heteroatoms. The second kappa shape index (κ2) is 10.7. The zero-order valence-electron chi connectivity index (χ0n) is 13.2. The van der Waals surface area contributed by atoms with Crippen LogP contribution >= 0.6 is 24.8 Å². The minimum atomic E-state index is 0. The maximum atomic E-state index is 11.9. The summed E-state index contributed by atoms with van der Waals surface area (Å²) < 4.78 is 0. The molecule has 4 nitrogen and oxygen atoms in total. The fourth-order valence-electron chi connectivity index (χ4n) is 1.90. The van der Waals surface area contributed by atoms with Crippen molar-refractivity contribution in [3.05, 3.63) is 0 Å². The molecule has 0 saturated carbocycles. The predicted octanol–water partition coefficient (Wildman–Crippen LogP) is 1.78. The van der Waals surface area contributed by atoms with Gasteiger partial charge in [0.1, 0.15) is 0 Å². The van der Waals surface area contributed by atoms with E-state index in [0.717, 1.165) is 6.54 Å². The third-order valence-corrected chi connectivity index (χ3v) is 3.21. The third-order valence-electron chi connectivity index (χ3n) is 3.21. The van der Waals surface area contributed by atoms with Crippen molar-refractivity contribution in [2.45, 2.75) is 33.7 Å². The first-order chi connectivity index (χ1) is 7.70. The Morgan fingerprint density at radius 3 is 2.05 bits per heavy atom. The first-order valence-electron chi connectivity index (χ1n) is 6.30. The Bertz CT molecular complexity index is 248. The SMILES string of the molecule is CNCC(C)C(=O)NC(C)C(C)(C)CN(C)C.Cl.Cl. The number of hydrogen-bond donors (Lipinski definition) is 2. The number of nitrogens with one attached hydrogen (secondary N) is 2. The Balaban J connectivity index is -0.00000128. The molecular formula is C13H31Cl2N3O. The van der Waals surface area contributed by atoms with Crippen molar-refractivity contribution in [1.29, 1.82) is 0 Å². The zero-order chi connectivity index (χ0) is 13.6. The summed E-state index contributed by atoms with van der Waals surface area (Å²) in [4.78, 5) is 14.1. The van der Waals surface area contributed by atoms with Gasteiger partial charge in [-0.2, -0.15) is 0 Å². The van der Waals surface area contributed by atoms with Crippen molar-refractivity contribution < 1.29 is 4.79 Å². The molecule has 0 saturated heterocycles. The summed E-state index contributed by atoms with van der Waals surface area (Å²) in [5.74, 6) is 0.135. The molecule has 0 radical (unpaired) electrons. The van der Waals surface area contributed by atoms with Crippen LogP contribution in [0, 0.1) is 11.3 Å². The molecule has 0 heterocycles. The number of carbonyl (C=O) groups excluding carboxylic acids is 1. The van der Waals surface area contributed by atoms with Crippen LogP contribution in [0.25, 0.3) is 0 Å². The summed E-state index contributed by atoms with van der Waals surface area (Å²) in [5, 5.41) is 6.13. The summed E-state index contributed by atoms with van der Waals surface area (Å²) in [5.41, 5.74) is 0.0680. The van der Waals surface area contributed by atoms with E-state index in [4.69, 9.17) is 0 Å². The van der Waals surface area contributed by atoms with Crippen molar-refractivity contribution in [3.63, 3.8) is 0 Å². The van der Waals surface area contributed by atoms with Gasteiger partial charge in [-0.3, -0.25) is 4.79 Å². The smallest absolute Gasteiger partial charge is 0.224 e. The van der Waals surface area contributed by atoms with E-state index < -0.39 is 0 Å². The lowest BCUT2D eigenvalue weighted by molar-refractivity contribution is -0.125. The van der Waals surface area contributed by atoms with E-state index in [1.807, 2.05) is 14.0 Å². The van der Waals surface area contributed by atoms with Gasteiger partial charge >= 0.3 is 0 Å². The molecule has 1 amide bonds. The van der Waals surface area contributed by atoms with Crippen molar-refractivity contribution >= 4 is 30.7 Å². The topological polar surface area (TPSA) is 44.4 Å². The van der Waals surface area contributed by atoms with Gasteiger partial charge in [0.05, 0.1) is 0 Å². The van der Waals surface area contributed by atoms with Gasteiger partial charge in [-0.1, -0.05) is 20.8 Å². The van der Waals surface area contributed by atoms with Crippen LogP contribution in [0.4, 0.5) is 0 Å². The predicted molar refractivity (Wildman–Crippen MR) is 87.5 cm³/mol. The van der Waals surface area contributed by atoms with Crippen LogP contribution in [0.15, 0.2) is 0 Å². The fourth-order valence-corrected chi connectivity index (χ4v) is 1.90.